The Morgan fingerprint density at radius 2 is 1.52 bits per heavy atom. The summed E-state index contributed by atoms with van der Waals surface area (Å²) in [7, 11) is -3.74. The average molecular weight is 409 g/mol. The topological polar surface area (TPSA) is 75.3 Å². The second-order valence-electron chi connectivity index (χ2n) is 7.05. The Hall–Kier alpha value is -3.12. The summed E-state index contributed by atoms with van der Waals surface area (Å²) >= 11 is 0. The number of amides is 1. The lowest BCUT2D eigenvalue weighted by Crippen LogP contribution is -2.23. The van der Waals surface area contributed by atoms with Gasteiger partial charge in [-0.15, -0.1) is 0 Å². The van der Waals surface area contributed by atoms with Crippen LogP contribution >= 0.6 is 0 Å². The molecule has 1 amide bonds. The van der Waals surface area contributed by atoms with Crippen molar-refractivity contribution in [3.05, 3.63) is 94.5 Å². The summed E-state index contributed by atoms with van der Waals surface area (Å²) in [6, 6.07) is 19.3. The van der Waals surface area contributed by atoms with Crippen molar-refractivity contribution in [3.8, 4) is 0 Å². The summed E-state index contributed by atoms with van der Waals surface area (Å²) in [6.07, 6.45) is 0. The van der Waals surface area contributed by atoms with Crippen LogP contribution in [0.4, 0.5) is 5.69 Å². The van der Waals surface area contributed by atoms with Crippen molar-refractivity contribution >= 4 is 21.6 Å². The standard InChI is InChI=1S/C23H24N2O3S/c1-16-7-9-19(10-8-16)15-24-23(26)20-11-13-21(14-12-20)29(27,28)25-22-6-4-5-17(2)18(22)3/h4-14,25H,15H2,1-3H3,(H,24,26). The largest absolute Gasteiger partial charge is 0.348 e. The predicted molar refractivity (Wildman–Crippen MR) is 116 cm³/mol. The summed E-state index contributed by atoms with van der Waals surface area (Å²) in [5, 5.41) is 2.84. The van der Waals surface area contributed by atoms with E-state index < -0.39 is 10.0 Å². The minimum atomic E-state index is -3.74. The molecule has 5 nitrogen and oxygen atoms in total. The molecule has 0 bridgehead atoms. The van der Waals surface area contributed by atoms with Gasteiger partial charge >= 0.3 is 0 Å². The van der Waals surface area contributed by atoms with Crippen molar-refractivity contribution in [1.29, 1.82) is 0 Å². The van der Waals surface area contributed by atoms with Gasteiger partial charge in [-0.25, -0.2) is 8.42 Å². The fourth-order valence-electron chi connectivity index (χ4n) is 2.84. The van der Waals surface area contributed by atoms with E-state index in [0.717, 1.165) is 22.3 Å². The Kier molecular flexibility index (Phi) is 6.03. The lowest BCUT2D eigenvalue weighted by atomic mass is 10.1. The quantitative estimate of drug-likeness (QED) is 0.637. The van der Waals surface area contributed by atoms with E-state index in [1.54, 1.807) is 6.07 Å². The molecule has 0 radical (unpaired) electrons. The van der Waals surface area contributed by atoms with Gasteiger partial charge in [-0.1, -0.05) is 42.0 Å². The van der Waals surface area contributed by atoms with Gasteiger partial charge in [0.1, 0.15) is 0 Å². The third-order valence-electron chi connectivity index (χ3n) is 4.85. The number of sulfonamides is 1. The van der Waals surface area contributed by atoms with Crippen molar-refractivity contribution in [2.75, 3.05) is 4.72 Å². The van der Waals surface area contributed by atoms with E-state index in [1.807, 2.05) is 57.2 Å². The zero-order valence-corrected chi connectivity index (χ0v) is 17.5. The first-order valence-electron chi connectivity index (χ1n) is 9.29. The number of aryl methyl sites for hydroxylation is 2. The molecule has 150 valence electrons. The first-order valence-corrected chi connectivity index (χ1v) is 10.8. The highest BCUT2D eigenvalue weighted by atomic mass is 32.2. The van der Waals surface area contributed by atoms with Gasteiger partial charge in [0, 0.05) is 12.1 Å². The molecule has 0 saturated carbocycles. The van der Waals surface area contributed by atoms with Gasteiger partial charge in [0.2, 0.25) is 0 Å². The van der Waals surface area contributed by atoms with E-state index in [0.29, 0.717) is 17.8 Å². The third kappa shape index (κ3) is 5.03. The van der Waals surface area contributed by atoms with Crippen molar-refractivity contribution in [3.63, 3.8) is 0 Å². The Balaban J connectivity index is 1.69. The predicted octanol–water partition coefficient (Wildman–Crippen LogP) is 4.34. The van der Waals surface area contributed by atoms with Crippen molar-refractivity contribution < 1.29 is 13.2 Å². The second kappa shape index (κ2) is 8.49. The number of benzene rings is 3. The van der Waals surface area contributed by atoms with Gasteiger partial charge in [-0.05, 0) is 67.8 Å². The minimum absolute atomic E-state index is 0.105. The molecule has 6 heteroatoms. The normalized spacial score (nSPS) is 11.1. The maximum Gasteiger partial charge on any atom is 0.261 e. The van der Waals surface area contributed by atoms with E-state index in [-0.39, 0.29) is 10.8 Å². The van der Waals surface area contributed by atoms with Gasteiger partial charge in [-0.3, -0.25) is 9.52 Å². The molecule has 2 N–H and O–H groups in total. The number of anilines is 1. The number of nitrogens with one attached hydrogen (secondary N) is 2. The third-order valence-corrected chi connectivity index (χ3v) is 6.23. The number of hydrogen-bond acceptors (Lipinski definition) is 3. The first kappa shape index (κ1) is 20.6. The molecule has 0 aromatic heterocycles. The zero-order valence-electron chi connectivity index (χ0n) is 16.7. The number of carbonyl (C=O) groups excluding carboxylic acids is 1. The maximum absolute atomic E-state index is 12.7. The lowest BCUT2D eigenvalue weighted by Gasteiger charge is -2.12. The van der Waals surface area contributed by atoms with Crippen molar-refractivity contribution in [1.82, 2.24) is 5.32 Å². The van der Waals surface area contributed by atoms with Gasteiger partial charge < -0.3 is 5.32 Å². The molecule has 3 aromatic rings. The van der Waals surface area contributed by atoms with E-state index in [2.05, 4.69) is 10.0 Å². The van der Waals surface area contributed by atoms with Gasteiger partial charge in [0.05, 0.1) is 10.6 Å². The number of carbonyl (C=O) groups is 1. The first-order chi connectivity index (χ1) is 13.8. The number of hydrogen-bond donors (Lipinski definition) is 2. The van der Waals surface area contributed by atoms with Crippen LogP contribution in [0.2, 0.25) is 0 Å². The SMILES string of the molecule is Cc1ccc(CNC(=O)c2ccc(S(=O)(=O)Nc3cccc(C)c3C)cc2)cc1. The Morgan fingerprint density at radius 3 is 2.17 bits per heavy atom. The van der Waals surface area contributed by atoms with Crippen LogP contribution in [-0.4, -0.2) is 14.3 Å². The molecular formula is C23H24N2O3S. The van der Waals surface area contributed by atoms with Crippen LogP contribution < -0.4 is 10.0 Å². The van der Waals surface area contributed by atoms with Crippen LogP contribution in [0.15, 0.2) is 71.6 Å². The summed E-state index contributed by atoms with van der Waals surface area (Å²) in [6.45, 7) is 6.21. The van der Waals surface area contributed by atoms with Gasteiger partial charge in [0.25, 0.3) is 15.9 Å². The van der Waals surface area contributed by atoms with Gasteiger partial charge in [-0.2, -0.15) is 0 Å². The molecule has 0 unspecified atom stereocenters. The summed E-state index contributed by atoms with van der Waals surface area (Å²) in [5.41, 5.74) is 4.99. The zero-order chi connectivity index (χ0) is 21.0. The Morgan fingerprint density at radius 1 is 0.862 bits per heavy atom. The molecule has 0 spiro atoms. The number of rotatable bonds is 6. The smallest absolute Gasteiger partial charge is 0.261 e. The van der Waals surface area contributed by atoms with E-state index in [4.69, 9.17) is 0 Å². The van der Waals surface area contributed by atoms with Crippen LogP contribution in [-0.2, 0) is 16.6 Å². The maximum atomic E-state index is 12.7. The van der Waals surface area contributed by atoms with E-state index in [1.165, 1.54) is 24.3 Å². The van der Waals surface area contributed by atoms with Crippen LogP contribution in [0.5, 0.6) is 0 Å². The summed E-state index contributed by atoms with van der Waals surface area (Å²) in [5.74, 6) is -0.253. The molecule has 0 fully saturated rings. The molecule has 0 atom stereocenters. The highest BCUT2D eigenvalue weighted by molar-refractivity contribution is 7.92. The Labute approximate surface area is 171 Å². The molecule has 0 aliphatic carbocycles. The molecule has 3 rings (SSSR count). The van der Waals surface area contributed by atoms with Crippen LogP contribution in [0.1, 0.15) is 32.6 Å². The fourth-order valence-corrected chi connectivity index (χ4v) is 3.96. The summed E-state index contributed by atoms with van der Waals surface area (Å²) < 4.78 is 28.0. The highest BCUT2D eigenvalue weighted by Gasteiger charge is 2.16. The van der Waals surface area contributed by atoms with E-state index in [9.17, 15) is 13.2 Å². The molecule has 0 aliphatic heterocycles. The molecule has 0 aliphatic rings. The average Bonchev–Trinajstić information content (AvgIpc) is 2.71. The van der Waals surface area contributed by atoms with Crippen LogP contribution in [0.3, 0.4) is 0 Å². The van der Waals surface area contributed by atoms with Crippen molar-refractivity contribution in [2.24, 2.45) is 0 Å². The molecule has 29 heavy (non-hydrogen) atoms. The fraction of sp³-hybridized carbons (Fsp3) is 0.174. The van der Waals surface area contributed by atoms with Crippen LogP contribution in [0.25, 0.3) is 0 Å². The highest BCUT2D eigenvalue weighted by Crippen LogP contribution is 2.22. The second-order valence-corrected chi connectivity index (χ2v) is 8.73. The van der Waals surface area contributed by atoms with Crippen molar-refractivity contribution in [2.45, 2.75) is 32.2 Å². The lowest BCUT2D eigenvalue weighted by molar-refractivity contribution is 0.0951. The molecule has 0 saturated heterocycles. The van der Waals surface area contributed by atoms with E-state index >= 15 is 0 Å². The summed E-state index contributed by atoms with van der Waals surface area (Å²) in [4.78, 5) is 12.4. The molecular weight excluding hydrogens is 384 g/mol. The molecule has 3 aromatic carbocycles. The monoisotopic (exact) mass is 408 g/mol. The minimum Gasteiger partial charge on any atom is -0.348 e. The van der Waals surface area contributed by atoms with Crippen LogP contribution in [0, 0.1) is 20.8 Å². The van der Waals surface area contributed by atoms with Gasteiger partial charge in [0.15, 0.2) is 0 Å². The Bertz CT molecular complexity index is 1120. The molecule has 0 heterocycles.